The normalized spacial score (nSPS) is 16.0. The molecule has 0 radical (unpaired) electrons. The van der Waals surface area contributed by atoms with E-state index in [2.05, 4.69) is 5.32 Å². The Hall–Kier alpha value is -3.23. The average molecular weight is 445 g/mol. The lowest BCUT2D eigenvalue weighted by Crippen LogP contribution is -2.46. The summed E-state index contributed by atoms with van der Waals surface area (Å²) in [5.74, 6) is -1.62. The topological polar surface area (TPSA) is 102 Å². The van der Waals surface area contributed by atoms with Crippen molar-refractivity contribution in [1.82, 2.24) is 4.90 Å². The van der Waals surface area contributed by atoms with Gasteiger partial charge in [-0.3, -0.25) is 14.4 Å². The van der Waals surface area contributed by atoms with Crippen molar-refractivity contribution in [3.8, 4) is 0 Å². The molecule has 9 heteroatoms. The van der Waals surface area contributed by atoms with E-state index in [9.17, 15) is 19.2 Å². The first-order valence-electron chi connectivity index (χ1n) is 9.56. The number of amides is 2. The van der Waals surface area contributed by atoms with E-state index in [1.807, 2.05) is 0 Å². The number of nitrogens with one attached hydrogen (secondary N) is 1. The highest BCUT2D eigenvalue weighted by atomic mass is 35.5. The van der Waals surface area contributed by atoms with Crippen LogP contribution in [0.25, 0.3) is 0 Å². The molecule has 0 bridgehead atoms. The molecule has 1 N–H and O–H groups in total. The van der Waals surface area contributed by atoms with Gasteiger partial charge in [-0.25, -0.2) is 4.79 Å². The molecule has 1 fully saturated rings. The Kier molecular flexibility index (Phi) is 7.38. The number of nitrogens with zero attached hydrogens (tertiary/aromatic N) is 1. The SMILES string of the molecule is CN1CCOC(CC(=O)Nc2ccc(C(=O)OCC(=O)c3ccc(Cl)cc3)cc2)C1=O. The molecule has 1 saturated heterocycles. The zero-order valence-corrected chi connectivity index (χ0v) is 17.6. The molecule has 0 aromatic heterocycles. The van der Waals surface area contributed by atoms with Crippen molar-refractivity contribution < 1.29 is 28.7 Å². The molecule has 8 nitrogen and oxygen atoms in total. The molecular weight excluding hydrogens is 424 g/mol. The fraction of sp³-hybridized carbons (Fsp3) is 0.273. The van der Waals surface area contributed by atoms with Gasteiger partial charge in [-0.1, -0.05) is 11.6 Å². The third-order valence-corrected chi connectivity index (χ3v) is 4.93. The van der Waals surface area contributed by atoms with Gasteiger partial charge in [0.25, 0.3) is 5.91 Å². The fourth-order valence-corrected chi connectivity index (χ4v) is 3.03. The number of carbonyl (C=O) groups is 4. The van der Waals surface area contributed by atoms with Crippen LogP contribution in [0.3, 0.4) is 0 Å². The molecule has 1 atom stereocenters. The summed E-state index contributed by atoms with van der Waals surface area (Å²) in [4.78, 5) is 49.9. The van der Waals surface area contributed by atoms with Crippen molar-refractivity contribution in [2.45, 2.75) is 12.5 Å². The van der Waals surface area contributed by atoms with Crippen molar-refractivity contribution >= 4 is 40.9 Å². The van der Waals surface area contributed by atoms with E-state index < -0.39 is 18.7 Å². The fourth-order valence-electron chi connectivity index (χ4n) is 2.91. The van der Waals surface area contributed by atoms with Gasteiger partial charge in [0.1, 0.15) is 6.10 Å². The first-order chi connectivity index (χ1) is 14.8. The molecule has 2 amide bonds. The number of likely N-dealkylation sites (N-methyl/N-ethyl adjacent to an activating group) is 1. The third kappa shape index (κ3) is 6.13. The second-order valence-electron chi connectivity index (χ2n) is 6.96. The monoisotopic (exact) mass is 444 g/mol. The van der Waals surface area contributed by atoms with Gasteiger partial charge < -0.3 is 19.7 Å². The van der Waals surface area contributed by atoms with Crippen molar-refractivity contribution in [2.75, 3.05) is 32.1 Å². The number of hydrogen-bond acceptors (Lipinski definition) is 6. The van der Waals surface area contributed by atoms with Crippen molar-refractivity contribution in [3.63, 3.8) is 0 Å². The van der Waals surface area contributed by atoms with Crippen LogP contribution in [0.4, 0.5) is 5.69 Å². The minimum Gasteiger partial charge on any atom is -0.454 e. The third-order valence-electron chi connectivity index (χ3n) is 4.67. The molecule has 2 aromatic rings. The number of Topliss-reactive ketones (excluding diaryl/α,β-unsaturated/α-hetero) is 1. The van der Waals surface area contributed by atoms with E-state index in [4.69, 9.17) is 21.1 Å². The number of esters is 1. The first-order valence-corrected chi connectivity index (χ1v) is 9.93. The summed E-state index contributed by atoms with van der Waals surface area (Å²) in [6.45, 7) is 0.486. The summed E-state index contributed by atoms with van der Waals surface area (Å²) in [6, 6.07) is 12.3. The van der Waals surface area contributed by atoms with Gasteiger partial charge >= 0.3 is 5.97 Å². The number of morpholine rings is 1. The molecule has 1 aliphatic heterocycles. The number of rotatable bonds is 7. The number of hydrogen-bond donors (Lipinski definition) is 1. The second kappa shape index (κ2) is 10.2. The minimum absolute atomic E-state index is 0.0974. The molecular formula is C22H21ClN2O6. The Morgan fingerprint density at radius 2 is 1.74 bits per heavy atom. The van der Waals surface area contributed by atoms with Gasteiger partial charge in [-0.15, -0.1) is 0 Å². The standard InChI is InChI=1S/C22H21ClN2O6/c1-25-10-11-30-19(21(25)28)12-20(27)24-17-8-4-15(5-9-17)22(29)31-13-18(26)14-2-6-16(23)7-3-14/h2-9,19H,10-13H2,1H3,(H,24,27). The van der Waals surface area contributed by atoms with Crippen LogP contribution in [0.15, 0.2) is 48.5 Å². The largest absolute Gasteiger partial charge is 0.454 e. The van der Waals surface area contributed by atoms with Gasteiger partial charge in [0.2, 0.25) is 5.91 Å². The van der Waals surface area contributed by atoms with Crippen LogP contribution in [0.2, 0.25) is 5.02 Å². The molecule has 1 heterocycles. The molecule has 1 unspecified atom stereocenters. The number of halogens is 1. The van der Waals surface area contributed by atoms with E-state index >= 15 is 0 Å². The van der Waals surface area contributed by atoms with E-state index in [1.165, 1.54) is 29.2 Å². The summed E-state index contributed by atoms with van der Waals surface area (Å²) in [5.41, 5.74) is 1.08. The highest BCUT2D eigenvalue weighted by Gasteiger charge is 2.29. The summed E-state index contributed by atoms with van der Waals surface area (Å²) in [5, 5.41) is 3.17. The lowest BCUT2D eigenvalue weighted by molar-refractivity contribution is -0.153. The highest BCUT2D eigenvalue weighted by molar-refractivity contribution is 6.30. The molecule has 2 aromatic carbocycles. The van der Waals surface area contributed by atoms with Crippen molar-refractivity contribution in [1.29, 1.82) is 0 Å². The summed E-state index contributed by atoms with van der Waals surface area (Å²) >= 11 is 5.78. The molecule has 0 saturated carbocycles. The molecule has 1 aliphatic rings. The lowest BCUT2D eigenvalue weighted by Gasteiger charge is -2.29. The Morgan fingerprint density at radius 1 is 1.10 bits per heavy atom. The van der Waals surface area contributed by atoms with Crippen LogP contribution >= 0.6 is 11.6 Å². The molecule has 0 spiro atoms. The average Bonchev–Trinajstić information content (AvgIpc) is 2.76. The highest BCUT2D eigenvalue weighted by Crippen LogP contribution is 2.14. The maximum absolute atomic E-state index is 12.2. The maximum Gasteiger partial charge on any atom is 0.338 e. The Bertz CT molecular complexity index is 975. The number of ketones is 1. The van der Waals surface area contributed by atoms with Crippen LogP contribution in [-0.2, 0) is 19.1 Å². The zero-order chi connectivity index (χ0) is 22.4. The number of carbonyl (C=O) groups excluding carboxylic acids is 4. The molecule has 162 valence electrons. The van der Waals surface area contributed by atoms with Gasteiger partial charge in [0.15, 0.2) is 12.4 Å². The quantitative estimate of drug-likeness (QED) is 0.520. The van der Waals surface area contributed by atoms with Crippen LogP contribution in [0, 0.1) is 0 Å². The van der Waals surface area contributed by atoms with Crippen LogP contribution in [0.5, 0.6) is 0 Å². The predicted molar refractivity (Wildman–Crippen MR) is 113 cm³/mol. The predicted octanol–water partition coefficient (Wildman–Crippen LogP) is 2.57. The first kappa shape index (κ1) is 22.5. The Morgan fingerprint density at radius 3 is 2.42 bits per heavy atom. The second-order valence-corrected chi connectivity index (χ2v) is 7.39. The van der Waals surface area contributed by atoms with E-state index in [-0.39, 0.29) is 29.6 Å². The molecule has 31 heavy (non-hydrogen) atoms. The van der Waals surface area contributed by atoms with Gasteiger partial charge in [-0.05, 0) is 48.5 Å². The van der Waals surface area contributed by atoms with Gasteiger partial charge in [0.05, 0.1) is 18.6 Å². The summed E-state index contributed by atoms with van der Waals surface area (Å²) < 4.78 is 10.4. The lowest BCUT2D eigenvalue weighted by atomic mass is 10.1. The summed E-state index contributed by atoms with van der Waals surface area (Å²) in [6.07, 6.45) is -0.897. The van der Waals surface area contributed by atoms with Crippen LogP contribution in [0.1, 0.15) is 27.1 Å². The van der Waals surface area contributed by atoms with Crippen molar-refractivity contribution in [2.24, 2.45) is 0 Å². The Labute approximate surface area is 184 Å². The smallest absolute Gasteiger partial charge is 0.338 e. The number of benzene rings is 2. The van der Waals surface area contributed by atoms with Gasteiger partial charge in [0, 0.05) is 29.9 Å². The van der Waals surface area contributed by atoms with Gasteiger partial charge in [-0.2, -0.15) is 0 Å². The minimum atomic E-state index is -0.800. The maximum atomic E-state index is 12.2. The summed E-state index contributed by atoms with van der Waals surface area (Å²) in [7, 11) is 1.66. The Balaban J connectivity index is 1.49. The van der Waals surface area contributed by atoms with Crippen LogP contribution < -0.4 is 5.32 Å². The number of anilines is 1. The van der Waals surface area contributed by atoms with Crippen LogP contribution in [-0.4, -0.2) is 61.4 Å². The van der Waals surface area contributed by atoms with Crippen molar-refractivity contribution in [3.05, 3.63) is 64.7 Å². The van der Waals surface area contributed by atoms with E-state index in [1.54, 1.807) is 31.3 Å². The molecule has 0 aliphatic carbocycles. The number of ether oxygens (including phenoxy) is 2. The zero-order valence-electron chi connectivity index (χ0n) is 16.8. The van der Waals surface area contributed by atoms with E-state index in [0.29, 0.717) is 29.4 Å². The van der Waals surface area contributed by atoms with E-state index in [0.717, 1.165) is 0 Å². The molecule has 3 rings (SSSR count).